The van der Waals surface area contributed by atoms with Crippen LogP contribution in [-0.4, -0.2) is 47.1 Å². The van der Waals surface area contributed by atoms with Crippen molar-refractivity contribution in [3.05, 3.63) is 28.8 Å². The predicted molar refractivity (Wildman–Crippen MR) is 84.4 cm³/mol. The third kappa shape index (κ3) is 3.68. The number of nitriles is 1. The van der Waals surface area contributed by atoms with Gasteiger partial charge >= 0.3 is 0 Å². The minimum absolute atomic E-state index is 0.0539. The monoisotopic (exact) mass is 307 g/mol. The van der Waals surface area contributed by atoms with Crippen LogP contribution in [0.3, 0.4) is 0 Å². The standard InChI is InChI=1S/C16H22ClN3O/c1-3-6-19-7-8-20(11-12(19)2)15(10-18)13-4-5-16(21)14(17)9-13/h4-5,9,12,15,21H,3,6-8,11H2,1-2H3. The SMILES string of the molecule is CCCN1CCN(C(C#N)c2ccc(O)c(Cl)c2)CC1C. The largest absolute Gasteiger partial charge is 0.506 e. The van der Waals surface area contributed by atoms with Crippen molar-refractivity contribution in [3.8, 4) is 11.8 Å². The molecule has 2 rings (SSSR count). The molecule has 2 atom stereocenters. The summed E-state index contributed by atoms with van der Waals surface area (Å²) < 4.78 is 0. The van der Waals surface area contributed by atoms with E-state index in [-0.39, 0.29) is 11.8 Å². The number of rotatable bonds is 4. The van der Waals surface area contributed by atoms with E-state index in [1.54, 1.807) is 18.2 Å². The second-order valence-electron chi connectivity index (χ2n) is 5.62. The topological polar surface area (TPSA) is 50.5 Å². The third-order valence-corrected chi connectivity index (χ3v) is 4.38. The number of phenolic OH excluding ortho intramolecular Hbond substituents is 1. The molecule has 1 heterocycles. The van der Waals surface area contributed by atoms with E-state index < -0.39 is 0 Å². The van der Waals surface area contributed by atoms with Gasteiger partial charge in [0.05, 0.1) is 11.1 Å². The molecule has 1 N–H and O–H groups in total. The molecule has 5 heteroatoms. The van der Waals surface area contributed by atoms with E-state index in [2.05, 4.69) is 29.7 Å². The van der Waals surface area contributed by atoms with Crippen LogP contribution in [0.25, 0.3) is 0 Å². The lowest BCUT2D eigenvalue weighted by Gasteiger charge is -2.41. The molecule has 0 amide bonds. The van der Waals surface area contributed by atoms with Crippen LogP contribution in [0.15, 0.2) is 18.2 Å². The molecule has 4 nitrogen and oxygen atoms in total. The van der Waals surface area contributed by atoms with Gasteiger partial charge in [-0.3, -0.25) is 9.80 Å². The average molecular weight is 308 g/mol. The van der Waals surface area contributed by atoms with Gasteiger partial charge < -0.3 is 5.11 Å². The minimum Gasteiger partial charge on any atom is -0.506 e. The summed E-state index contributed by atoms with van der Waals surface area (Å²) in [7, 11) is 0. The van der Waals surface area contributed by atoms with Crippen LogP contribution in [0, 0.1) is 11.3 Å². The van der Waals surface area contributed by atoms with Crippen LogP contribution in [0.4, 0.5) is 0 Å². The van der Waals surface area contributed by atoms with Gasteiger partial charge in [0.15, 0.2) is 0 Å². The number of halogens is 1. The smallest absolute Gasteiger partial charge is 0.134 e. The lowest BCUT2D eigenvalue weighted by Crippen LogP contribution is -2.52. The molecule has 0 bridgehead atoms. The van der Waals surface area contributed by atoms with Gasteiger partial charge in [0, 0.05) is 25.7 Å². The fourth-order valence-electron chi connectivity index (χ4n) is 2.94. The molecule has 0 saturated carbocycles. The van der Waals surface area contributed by atoms with Crippen LogP contribution in [0.5, 0.6) is 5.75 Å². The number of hydrogen-bond donors (Lipinski definition) is 1. The van der Waals surface area contributed by atoms with Crippen molar-refractivity contribution in [1.82, 2.24) is 9.80 Å². The van der Waals surface area contributed by atoms with E-state index in [1.165, 1.54) is 0 Å². The maximum absolute atomic E-state index is 9.54. The highest BCUT2D eigenvalue weighted by molar-refractivity contribution is 6.32. The van der Waals surface area contributed by atoms with Crippen molar-refractivity contribution in [2.24, 2.45) is 0 Å². The van der Waals surface area contributed by atoms with Gasteiger partial charge in [-0.05, 0) is 37.6 Å². The Morgan fingerprint density at radius 2 is 2.24 bits per heavy atom. The second-order valence-corrected chi connectivity index (χ2v) is 6.03. The Bertz CT molecular complexity index is 529. The first-order chi connectivity index (χ1) is 10.1. The Balaban J connectivity index is 2.12. The summed E-state index contributed by atoms with van der Waals surface area (Å²) in [6.07, 6.45) is 1.15. The molecule has 2 unspecified atom stereocenters. The van der Waals surface area contributed by atoms with Gasteiger partial charge in [0.2, 0.25) is 0 Å². The molecule has 114 valence electrons. The molecule has 1 fully saturated rings. The maximum Gasteiger partial charge on any atom is 0.134 e. The van der Waals surface area contributed by atoms with Crippen molar-refractivity contribution >= 4 is 11.6 Å². The van der Waals surface area contributed by atoms with E-state index in [1.807, 2.05) is 0 Å². The highest BCUT2D eigenvalue weighted by Gasteiger charge is 2.29. The van der Waals surface area contributed by atoms with Crippen LogP contribution in [0.1, 0.15) is 31.9 Å². The van der Waals surface area contributed by atoms with Gasteiger partial charge in [0.1, 0.15) is 11.8 Å². The summed E-state index contributed by atoms with van der Waals surface area (Å²) in [5.74, 6) is 0.0539. The molecular weight excluding hydrogens is 286 g/mol. The van der Waals surface area contributed by atoms with E-state index in [4.69, 9.17) is 11.6 Å². The Hall–Kier alpha value is -1.28. The Labute approximate surface area is 131 Å². The van der Waals surface area contributed by atoms with E-state index in [0.29, 0.717) is 11.1 Å². The first-order valence-electron chi connectivity index (χ1n) is 7.43. The molecule has 0 radical (unpaired) electrons. The fraction of sp³-hybridized carbons (Fsp3) is 0.562. The highest BCUT2D eigenvalue weighted by Crippen LogP contribution is 2.30. The summed E-state index contributed by atoms with van der Waals surface area (Å²) in [5.41, 5.74) is 0.844. The van der Waals surface area contributed by atoms with Crippen molar-refractivity contribution in [1.29, 1.82) is 5.26 Å². The summed E-state index contributed by atoms with van der Waals surface area (Å²) in [6.45, 7) is 8.24. The van der Waals surface area contributed by atoms with Gasteiger partial charge in [-0.1, -0.05) is 24.6 Å². The number of benzene rings is 1. The molecule has 1 aromatic rings. The first kappa shape index (κ1) is 16.1. The van der Waals surface area contributed by atoms with Gasteiger partial charge in [-0.2, -0.15) is 5.26 Å². The van der Waals surface area contributed by atoms with Gasteiger partial charge in [-0.25, -0.2) is 0 Å². The number of piperazine rings is 1. The van der Waals surface area contributed by atoms with Crippen molar-refractivity contribution in [3.63, 3.8) is 0 Å². The lowest BCUT2D eigenvalue weighted by molar-refractivity contribution is 0.0690. The van der Waals surface area contributed by atoms with Crippen LogP contribution >= 0.6 is 11.6 Å². The van der Waals surface area contributed by atoms with E-state index in [9.17, 15) is 10.4 Å². The van der Waals surface area contributed by atoms with Gasteiger partial charge in [0.25, 0.3) is 0 Å². The molecule has 21 heavy (non-hydrogen) atoms. The minimum atomic E-state index is -0.311. The molecule has 1 aliphatic rings. The number of phenols is 1. The Morgan fingerprint density at radius 1 is 1.48 bits per heavy atom. The zero-order chi connectivity index (χ0) is 15.4. The first-order valence-corrected chi connectivity index (χ1v) is 7.80. The average Bonchev–Trinajstić information content (AvgIpc) is 2.46. The molecular formula is C16H22ClN3O. The second kappa shape index (κ2) is 7.13. The Morgan fingerprint density at radius 3 is 2.81 bits per heavy atom. The van der Waals surface area contributed by atoms with Crippen LogP contribution in [-0.2, 0) is 0 Å². The lowest BCUT2D eigenvalue weighted by atomic mass is 10.0. The molecule has 1 aromatic carbocycles. The summed E-state index contributed by atoms with van der Waals surface area (Å²) >= 11 is 5.96. The van der Waals surface area contributed by atoms with Crippen molar-refractivity contribution in [2.45, 2.75) is 32.4 Å². The van der Waals surface area contributed by atoms with Crippen molar-refractivity contribution < 1.29 is 5.11 Å². The third-order valence-electron chi connectivity index (χ3n) is 4.08. The molecule has 1 aliphatic heterocycles. The van der Waals surface area contributed by atoms with E-state index >= 15 is 0 Å². The summed E-state index contributed by atoms with van der Waals surface area (Å²) in [4.78, 5) is 4.66. The van der Waals surface area contributed by atoms with Gasteiger partial charge in [-0.15, -0.1) is 0 Å². The fourth-order valence-corrected chi connectivity index (χ4v) is 3.13. The number of aromatic hydroxyl groups is 1. The number of nitrogens with zero attached hydrogens (tertiary/aromatic N) is 3. The normalized spacial score (nSPS) is 21.9. The summed E-state index contributed by atoms with van der Waals surface area (Å²) in [6, 6.07) is 7.52. The van der Waals surface area contributed by atoms with Crippen molar-refractivity contribution in [2.75, 3.05) is 26.2 Å². The highest BCUT2D eigenvalue weighted by atomic mass is 35.5. The molecule has 0 spiro atoms. The molecule has 1 saturated heterocycles. The zero-order valence-corrected chi connectivity index (χ0v) is 13.3. The quantitative estimate of drug-likeness (QED) is 0.929. The number of hydrogen-bond acceptors (Lipinski definition) is 4. The Kier molecular flexibility index (Phi) is 5.46. The van der Waals surface area contributed by atoms with E-state index in [0.717, 1.165) is 38.2 Å². The van der Waals surface area contributed by atoms with Crippen LogP contribution < -0.4 is 0 Å². The predicted octanol–water partition coefficient (Wildman–Crippen LogP) is 3.03. The maximum atomic E-state index is 9.54. The molecule has 0 aliphatic carbocycles. The zero-order valence-electron chi connectivity index (χ0n) is 12.6. The summed E-state index contributed by atoms with van der Waals surface area (Å²) in [5, 5.41) is 19.3. The molecule has 0 aromatic heterocycles. The van der Waals surface area contributed by atoms with Crippen LogP contribution in [0.2, 0.25) is 5.02 Å².